The van der Waals surface area contributed by atoms with Crippen LogP contribution in [-0.4, -0.2) is 44.4 Å². The van der Waals surface area contributed by atoms with E-state index in [2.05, 4.69) is 51.8 Å². The molecule has 2 N–H and O–H groups in total. The maximum atomic E-state index is 5.64. The van der Waals surface area contributed by atoms with Crippen molar-refractivity contribution >= 4 is 41.3 Å². The van der Waals surface area contributed by atoms with Crippen LogP contribution in [0, 0.1) is 6.92 Å². The largest absolute Gasteiger partial charge is 0.494 e. The van der Waals surface area contributed by atoms with Crippen LogP contribution >= 0.6 is 35.3 Å². The summed E-state index contributed by atoms with van der Waals surface area (Å²) in [5.41, 5.74) is 1.34. The second kappa shape index (κ2) is 11.7. The molecule has 1 aliphatic rings. The number of aromatic nitrogens is 1. The van der Waals surface area contributed by atoms with E-state index in [1.807, 2.05) is 13.1 Å². The van der Waals surface area contributed by atoms with Crippen LogP contribution in [0.5, 0.6) is 5.75 Å². The fraction of sp³-hybridized carbons (Fsp3) is 0.524. The van der Waals surface area contributed by atoms with Crippen LogP contribution in [0.25, 0.3) is 0 Å². The number of ether oxygens (including phenoxy) is 2. The van der Waals surface area contributed by atoms with Crippen molar-refractivity contribution in [2.45, 2.75) is 38.6 Å². The minimum Gasteiger partial charge on any atom is -0.494 e. The molecule has 1 aromatic heterocycles. The van der Waals surface area contributed by atoms with Gasteiger partial charge in [-0.05, 0) is 44.4 Å². The monoisotopic (exact) mass is 530 g/mol. The van der Waals surface area contributed by atoms with Crippen molar-refractivity contribution in [3.63, 3.8) is 0 Å². The zero-order valence-corrected chi connectivity index (χ0v) is 20.5. The van der Waals surface area contributed by atoms with E-state index in [9.17, 15) is 0 Å². The Hall–Kier alpha value is -1.39. The van der Waals surface area contributed by atoms with E-state index in [1.165, 1.54) is 10.4 Å². The van der Waals surface area contributed by atoms with E-state index in [4.69, 9.17) is 9.47 Å². The maximum absolute atomic E-state index is 5.64. The lowest BCUT2D eigenvalue weighted by atomic mass is 9.74. The highest BCUT2D eigenvalue weighted by Gasteiger charge is 2.34. The molecule has 0 aliphatic carbocycles. The third-order valence-electron chi connectivity index (χ3n) is 5.12. The number of aryl methyl sites for hydroxylation is 1. The van der Waals surface area contributed by atoms with Gasteiger partial charge < -0.3 is 20.1 Å². The van der Waals surface area contributed by atoms with Gasteiger partial charge in [0.15, 0.2) is 5.96 Å². The Morgan fingerprint density at radius 3 is 2.55 bits per heavy atom. The van der Waals surface area contributed by atoms with Gasteiger partial charge in [-0.3, -0.25) is 4.99 Å². The van der Waals surface area contributed by atoms with Gasteiger partial charge in [0.25, 0.3) is 0 Å². The van der Waals surface area contributed by atoms with E-state index >= 15 is 0 Å². The number of nitrogens with zero attached hydrogens (tertiary/aromatic N) is 2. The number of thiazole rings is 1. The Bertz CT molecular complexity index is 773. The molecule has 1 fully saturated rings. The van der Waals surface area contributed by atoms with Crippen molar-refractivity contribution in [3.05, 3.63) is 45.9 Å². The van der Waals surface area contributed by atoms with Crippen LogP contribution in [0.3, 0.4) is 0 Å². The van der Waals surface area contributed by atoms with E-state index < -0.39 is 0 Å². The Balaban J connectivity index is 0.00000300. The molecule has 1 saturated heterocycles. The molecule has 8 heteroatoms. The third kappa shape index (κ3) is 6.55. The standard InChI is InChI=1S/C21H30N4O2S.HI/c1-4-27-18-7-5-17(6-8-18)21(9-11-26-12-10-21)15-25-20(22-3)24-14-19-23-13-16(2)28-19;/h5-8,13H,4,9-12,14-15H2,1-3H3,(H2,22,24,25);1H. The third-order valence-corrected chi connectivity index (χ3v) is 6.03. The highest BCUT2D eigenvalue weighted by molar-refractivity contribution is 14.0. The summed E-state index contributed by atoms with van der Waals surface area (Å²) in [6, 6.07) is 8.50. The normalized spacial score (nSPS) is 16.0. The average molecular weight is 530 g/mol. The van der Waals surface area contributed by atoms with E-state index in [1.54, 1.807) is 18.4 Å². The highest BCUT2D eigenvalue weighted by Crippen LogP contribution is 2.35. The SMILES string of the molecule is CCOc1ccc(C2(CNC(=NC)NCc3ncc(C)s3)CCOCC2)cc1.I. The fourth-order valence-electron chi connectivity index (χ4n) is 3.52. The van der Waals surface area contributed by atoms with Crippen LogP contribution in [-0.2, 0) is 16.7 Å². The zero-order chi connectivity index (χ0) is 19.8. The molecule has 0 saturated carbocycles. The number of guanidine groups is 1. The molecule has 0 spiro atoms. The minimum atomic E-state index is 0. The molecule has 29 heavy (non-hydrogen) atoms. The van der Waals surface area contributed by atoms with Crippen molar-refractivity contribution in [1.82, 2.24) is 15.6 Å². The fourth-order valence-corrected chi connectivity index (χ4v) is 4.24. The van der Waals surface area contributed by atoms with Crippen LogP contribution < -0.4 is 15.4 Å². The Kier molecular flexibility index (Phi) is 9.64. The van der Waals surface area contributed by atoms with Crippen LogP contribution in [0.4, 0.5) is 0 Å². The van der Waals surface area contributed by atoms with Crippen LogP contribution in [0.15, 0.2) is 35.5 Å². The lowest BCUT2D eigenvalue weighted by molar-refractivity contribution is 0.0513. The van der Waals surface area contributed by atoms with Gasteiger partial charge in [0.1, 0.15) is 10.8 Å². The van der Waals surface area contributed by atoms with Gasteiger partial charge in [0.2, 0.25) is 0 Å². The summed E-state index contributed by atoms with van der Waals surface area (Å²) in [6.07, 6.45) is 3.87. The molecule has 160 valence electrons. The Morgan fingerprint density at radius 2 is 1.97 bits per heavy atom. The van der Waals surface area contributed by atoms with Crippen LogP contribution in [0.1, 0.15) is 35.2 Å². The van der Waals surface area contributed by atoms with Gasteiger partial charge in [-0.25, -0.2) is 4.98 Å². The van der Waals surface area contributed by atoms with Crippen molar-refractivity contribution < 1.29 is 9.47 Å². The van der Waals surface area contributed by atoms with Gasteiger partial charge in [0, 0.05) is 43.3 Å². The molecule has 0 atom stereocenters. The molecule has 0 radical (unpaired) electrons. The van der Waals surface area contributed by atoms with Crippen molar-refractivity contribution in [3.8, 4) is 5.75 Å². The van der Waals surface area contributed by atoms with Crippen molar-refractivity contribution in [2.24, 2.45) is 4.99 Å². The smallest absolute Gasteiger partial charge is 0.191 e. The summed E-state index contributed by atoms with van der Waals surface area (Å²) in [4.78, 5) is 10.00. The number of hydrogen-bond donors (Lipinski definition) is 2. The van der Waals surface area contributed by atoms with Crippen molar-refractivity contribution in [2.75, 3.05) is 33.4 Å². The first kappa shape index (κ1) is 23.9. The molecule has 1 aromatic carbocycles. The second-order valence-corrected chi connectivity index (χ2v) is 8.31. The Labute approximate surface area is 194 Å². The van der Waals surface area contributed by atoms with Gasteiger partial charge in [-0.15, -0.1) is 35.3 Å². The summed E-state index contributed by atoms with van der Waals surface area (Å²) < 4.78 is 11.2. The maximum Gasteiger partial charge on any atom is 0.191 e. The molecule has 2 aromatic rings. The summed E-state index contributed by atoms with van der Waals surface area (Å²) in [5, 5.41) is 7.96. The molecular formula is C21H31IN4O2S. The van der Waals surface area contributed by atoms with Crippen molar-refractivity contribution in [1.29, 1.82) is 0 Å². The zero-order valence-electron chi connectivity index (χ0n) is 17.4. The number of benzene rings is 1. The first-order valence-corrected chi connectivity index (χ1v) is 10.6. The first-order chi connectivity index (χ1) is 13.6. The highest BCUT2D eigenvalue weighted by atomic mass is 127. The molecule has 0 bridgehead atoms. The van der Waals surface area contributed by atoms with E-state index in [0.717, 1.165) is 49.3 Å². The molecule has 0 amide bonds. The number of aliphatic imine (C=N–C) groups is 1. The second-order valence-electron chi connectivity index (χ2n) is 6.99. The van der Waals surface area contributed by atoms with Gasteiger partial charge in [-0.2, -0.15) is 0 Å². The predicted octanol–water partition coefficient (Wildman–Crippen LogP) is 3.88. The van der Waals surface area contributed by atoms with E-state index in [0.29, 0.717) is 13.2 Å². The summed E-state index contributed by atoms with van der Waals surface area (Å²) in [5.74, 6) is 1.71. The van der Waals surface area contributed by atoms with Gasteiger partial charge in [0.05, 0.1) is 13.2 Å². The molecule has 1 aliphatic heterocycles. The van der Waals surface area contributed by atoms with Gasteiger partial charge >= 0.3 is 0 Å². The molecule has 0 unspecified atom stereocenters. The predicted molar refractivity (Wildman–Crippen MR) is 130 cm³/mol. The summed E-state index contributed by atoms with van der Waals surface area (Å²) in [6.45, 7) is 7.79. The van der Waals surface area contributed by atoms with E-state index in [-0.39, 0.29) is 29.4 Å². The number of nitrogens with one attached hydrogen (secondary N) is 2. The number of hydrogen-bond acceptors (Lipinski definition) is 5. The average Bonchev–Trinajstić information content (AvgIpc) is 3.15. The van der Waals surface area contributed by atoms with Crippen LogP contribution in [0.2, 0.25) is 0 Å². The molecule has 2 heterocycles. The lowest BCUT2D eigenvalue weighted by Crippen LogP contribution is -2.47. The lowest BCUT2D eigenvalue weighted by Gasteiger charge is -2.38. The Morgan fingerprint density at radius 1 is 1.24 bits per heavy atom. The molecule has 6 nitrogen and oxygen atoms in total. The summed E-state index contributed by atoms with van der Waals surface area (Å²) >= 11 is 1.70. The molecule has 3 rings (SSSR count). The number of rotatable bonds is 7. The number of halogens is 1. The quantitative estimate of drug-likeness (QED) is 0.323. The van der Waals surface area contributed by atoms with Gasteiger partial charge in [-0.1, -0.05) is 12.1 Å². The first-order valence-electron chi connectivity index (χ1n) is 9.82. The summed E-state index contributed by atoms with van der Waals surface area (Å²) in [7, 11) is 1.80. The molecular weight excluding hydrogens is 499 g/mol. The topological polar surface area (TPSA) is 67.8 Å². The minimum absolute atomic E-state index is 0.